The average molecular weight is 273 g/mol. The van der Waals surface area contributed by atoms with Gasteiger partial charge >= 0.3 is 0 Å². The van der Waals surface area contributed by atoms with E-state index in [1.165, 1.54) is 0 Å². The molecule has 0 spiro atoms. The van der Waals surface area contributed by atoms with Gasteiger partial charge in [-0.15, -0.1) is 0 Å². The minimum absolute atomic E-state index is 0.257. The number of aliphatic hydroxyl groups is 1. The lowest BCUT2D eigenvalue weighted by molar-refractivity contribution is 0.0208. The van der Waals surface area contributed by atoms with Gasteiger partial charge in [0.1, 0.15) is 5.82 Å². The highest BCUT2D eigenvalue weighted by atomic mass is 16.3. The number of aromatic nitrogens is 2. The van der Waals surface area contributed by atoms with Crippen LogP contribution in [0.25, 0.3) is 10.9 Å². The van der Waals surface area contributed by atoms with E-state index < -0.39 is 5.60 Å². The number of nitrogens with zero attached hydrogens (tertiary/aromatic N) is 2. The molecule has 3 N–H and O–H groups in total. The Balaban J connectivity index is 2.16. The van der Waals surface area contributed by atoms with Crippen LogP contribution in [0.1, 0.15) is 44.3 Å². The third-order valence-corrected chi connectivity index (χ3v) is 4.50. The Morgan fingerprint density at radius 1 is 1.35 bits per heavy atom. The van der Waals surface area contributed by atoms with Crippen LogP contribution in [-0.2, 0) is 0 Å². The SMILES string of the molecule is CC(c1nc2ccccc2c(=O)n1N)C1(O)CCCC1. The van der Waals surface area contributed by atoms with Gasteiger partial charge in [0.15, 0.2) is 0 Å². The molecule has 1 saturated carbocycles. The number of nitrogen functional groups attached to an aromatic ring is 1. The van der Waals surface area contributed by atoms with Crippen LogP contribution in [0.15, 0.2) is 29.1 Å². The van der Waals surface area contributed by atoms with E-state index in [2.05, 4.69) is 4.98 Å². The molecule has 1 fully saturated rings. The summed E-state index contributed by atoms with van der Waals surface area (Å²) in [6, 6.07) is 7.14. The van der Waals surface area contributed by atoms with Crippen molar-refractivity contribution in [1.29, 1.82) is 0 Å². The molecule has 1 aliphatic carbocycles. The molecule has 2 aromatic rings. The molecule has 1 aromatic heterocycles. The molecule has 3 rings (SSSR count). The lowest BCUT2D eigenvalue weighted by atomic mass is 9.86. The van der Waals surface area contributed by atoms with Crippen LogP contribution in [0.3, 0.4) is 0 Å². The molecule has 5 heteroatoms. The van der Waals surface area contributed by atoms with Crippen molar-refractivity contribution in [3.05, 3.63) is 40.4 Å². The summed E-state index contributed by atoms with van der Waals surface area (Å²) < 4.78 is 1.09. The number of rotatable bonds is 2. The number of para-hydroxylation sites is 1. The number of nitrogens with two attached hydrogens (primary N) is 1. The predicted molar refractivity (Wildman–Crippen MR) is 78.0 cm³/mol. The molecular formula is C15H19N3O2. The Morgan fingerprint density at radius 3 is 2.70 bits per heavy atom. The Labute approximate surface area is 117 Å². The average Bonchev–Trinajstić information content (AvgIpc) is 2.90. The summed E-state index contributed by atoms with van der Waals surface area (Å²) in [5.41, 5.74) is -0.440. The summed E-state index contributed by atoms with van der Waals surface area (Å²) in [5.74, 6) is 6.11. The summed E-state index contributed by atoms with van der Waals surface area (Å²) in [5, 5.41) is 11.2. The summed E-state index contributed by atoms with van der Waals surface area (Å²) in [7, 11) is 0. The zero-order valence-corrected chi connectivity index (χ0v) is 11.5. The van der Waals surface area contributed by atoms with Crippen LogP contribution in [-0.4, -0.2) is 20.4 Å². The van der Waals surface area contributed by atoms with E-state index >= 15 is 0 Å². The first-order chi connectivity index (χ1) is 9.53. The van der Waals surface area contributed by atoms with Gasteiger partial charge in [-0.25, -0.2) is 9.66 Å². The molecule has 1 heterocycles. The van der Waals surface area contributed by atoms with Crippen LogP contribution >= 0.6 is 0 Å². The number of fused-ring (bicyclic) bond motifs is 1. The minimum Gasteiger partial charge on any atom is -0.389 e. The topological polar surface area (TPSA) is 81.1 Å². The summed E-state index contributed by atoms with van der Waals surface area (Å²) >= 11 is 0. The maximum absolute atomic E-state index is 12.3. The second-order valence-electron chi connectivity index (χ2n) is 5.69. The van der Waals surface area contributed by atoms with Crippen molar-refractivity contribution in [2.75, 3.05) is 5.84 Å². The van der Waals surface area contributed by atoms with Crippen molar-refractivity contribution >= 4 is 10.9 Å². The van der Waals surface area contributed by atoms with E-state index in [0.29, 0.717) is 16.7 Å². The molecule has 106 valence electrons. The van der Waals surface area contributed by atoms with Crippen molar-refractivity contribution in [2.24, 2.45) is 0 Å². The molecule has 0 bridgehead atoms. The van der Waals surface area contributed by atoms with Gasteiger partial charge in [-0.2, -0.15) is 0 Å². The minimum atomic E-state index is -0.803. The molecular weight excluding hydrogens is 254 g/mol. The van der Waals surface area contributed by atoms with E-state index in [1.54, 1.807) is 18.2 Å². The Bertz CT molecular complexity index is 702. The van der Waals surface area contributed by atoms with Gasteiger partial charge < -0.3 is 10.9 Å². The first-order valence-electron chi connectivity index (χ1n) is 7.02. The van der Waals surface area contributed by atoms with E-state index in [-0.39, 0.29) is 11.5 Å². The number of hydrogen-bond donors (Lipinski definition) is 2. The normalized spacial score (nSPS) is 19.3. The Morgan fingerprint density at radius 2 is 2.00 bits per heavy atom. The second kappa shape index (κ2) is 4.59. The Kier molecular flexibility index (Phi) is 3.01. The van der Waals surface area contributed by atoms with E-state index in [1.807, 2.05) is 13.0 Å². The zero-order valence-electron chi connectivity index (χ0n) is 11.5. The lowest BCUT2D eigenvalue weighted by Gasteiger charge is -2.30. The maximum Gasteiger partial charge on any atom is 0.279 e. The predicted octanol–water partition coefficient (Wildman–Crippen LogP) is 1.52. The Hall–Kier alpha value is -1.88. The molecule has 0 amide bonds. The number of hydrogen-bond acceptors (Lipinski definition) is 4. The third kappa shape index (κ3) is 1.89. The van der Waals surface area contributed by atoms with E-state index in [4.69, 9.17) is 5.84 Å². The molecule has 0 saturated heterocycles. The van der Waals surface area contributed by atoms with Gasteiger partial charge in [-0.3, -0.25) is 4.79 Å². The van der Waals surface area contributed by atoms with Crippen LogP contribution in [0.2, 0.25) is 0 Å². The van der Waals surface area contributed by atoms with Gasteiger partial charge in [-0.1, -0.05) is 31.9 Å². The van der Waals surface area contributed by atoms with Crippen molar-refractivity contribution in [1.82, 2.24) is 9.66 Å². The van der Waals surface area contributed by atoms with Gasteiger partial charge in [0, 0.05) is 5.92 Å². The second-order valence-corrected chi connectivity index (χ2v) is 5.69. The van der Waals surface area contributed by atoms with Crippen molar-refractivity contribution in [3.8, 4) is 0 Å². The monoisotopic (exact) mass is 273 g/mol. The fourth-order valence-corrected chi connectivity index (χ4v) is 3.13. The highest BCUT2D eigenvalue weighted by molar-refractivity contribution is 5.77. The summed E-state index contributed by atoms with van der Waals surface area (Å²) in [6.45, 7) is 1.89. The smallest absolute Gasteiger partial charge is 0.279 e. The summed E-state index contributed by atoms with van der Waals surface area (Å²) in [4.78, 5) is 16.8. The zero-order chi connectivity index (χ0) is 14.3. The lowest BCUT2D eigenvalue weighted by Crippen LogP contribution is -2.39. The highest BCUT2D eigenvalue weighted by Gasteiger charge is 2.39. The van der Waals surface area contributed by atoms with Crippen molar-refractivity contribution < 1.29 is 5.11 Å². The molecule has 1 aromatic carbocycles. The summed E-state index contributed by atoms with van der Waals surface area (Å²) in [6.07, 6.45) is 3.47. The molecule has 1 aliphatic rings. The quantitative estimate of drug-likeness (QED) is 0.813. The third-order valence-electron chi connectivity index (χ3n) is 4.50. The highest BCUT2D eigenvalue weighted by Crippen LogP contribution is 2.40. The molecule has 20 heavy (non-hydrogen) atoms. The molecule has 0 aliphatic heterocycles. The molecule has 5 nitrogen and oxygen atoms in total. The first-order valence-corrected chi connectivity index (χ1v) is 7.02. The fraction of sp³-hybridized carbons (Fsp3) is 0.467. The standard InChI is InChI=1S/C15H19N3O2/c1-10(15(20)8-4-5-9-15)13-17-12-7-3-2-6-11(12)14(19)18(13)16/h2-3,6-7,10,20H,4-5,8-9,16H2,1H3. The van der Waals surface area contributed by atoms with Crippen LogP contribution in [0.5, 0.6) is 0 Å². The number of benzene rings is 1. The molecule has 1 atom stereocenters. The van der Waals surface area contributed by atoms with E-state index in [0.717, 1.165) is 30.4 Å². The largest absolute Gasteiger partial charge is 0.389 e. The van der Waals surface area contributed by atoms with Gasteiger partial charge in [-0.05, 0) is 25.0 Å². The first kappa shape index (κ1) is 13.1. The van der Waals surface area contributed by atoms with Crippen LogP contribution < -0.4 is 11.4 Å². The molecule has 1 unspecified atom stereocenters. The van der Waals surface area contributed by atoms with Crippen LogP contribution in [0.4, 0.5) is 0 Å². The van der Waals surface area contributed by atoms with Gasteiger partial charge in [0.05, 0.1) is 16.5 Å². The maximum atomic E-state index is 12.3. The van der Waals surface area contributed by atoms with Crippen molar-refractivity contribution in [3.63, 3.8) is 0 Å². The van der Waals surface area contributed by atoms with Crippen LogP contribution in [0, 0.1) is 0 Å². The van der Waals surface area contributed by atoms with E-state index in [9.17, 15) is 9.90 Å². The van der Waals surface area contributed by atoms with Gasteiger partial charge in [0.2, 0.25) is 0 Å². The fourth-order valence-electron chi connectivity index (χ4n) is 3.13. The van der Waals surface area contributed by atoms with Crippen molar-refractivity contribution in [2.45, 2.75) is 44.1 Å². The molecule has 0 radical (unpaired) electrons. The van der Waals surface area contributed by atoms with Gasteiger partial charge in [0.25, 0.3) is 5.56 Å².